The highest BCUT2D eigenvalue weighted by Gasteiger charge is 2.36. The smallest absolute Gasteiger partial charge is 0.300 e. The van der Waals surface area contributed by atoms with Gasteiger partial charge in [-0.3, -0.25) is 19.7 Å². The largest absolute Gasteiger partial charge is 0.416 e. The number of rotatable bonds is 9. The summed E-state index contributed by atoms with van der Waals surface area (Å²) in [6.45, 7) is 1.76. The monoisotopic (exact) mass is 625 g/mol. The lowest BCUT2D eigenvalue weighted by Gasteiger charge is -2.33. The Morgan fingerprint density at radius 2 is 1.50 bits per heavy atom. The molecule has 0 aliphatic heterocycles. The first-order valence-corrected chi connectivity index (χ1v) is 14.5. The van der Waals surface area contributed by atoms with Crippen molar-refractivity contribution < 1.29 is 36.1 Å². The minimum Gasteiger partial charge on any atom is -0.300 e. The van der Waals surface area contributed by atoms with E-state index in [9.17, 15) is 41.3 Å². The number of halogens is 3. The summed E-state index contributed by atoms with van der Waals surface area (Å²) in [6, 6.07) is 20.7. The van der Waals surface area contributed by atoms with Crippen LogP contribution in [0.3, 0.4) is 0 Å². The summed E-state index contributed by atoms with van der Waals surface area (Å²) in [4.78, 5) is 39.1. The van der Waals surface area contributed by atoms with Crippen LogP contribution in [0.15, 0.2) is 108 Å². The molecule has 0 saturated carbocycles. The lowest BCUT2D eigenvalue weighted by atomic mass is 9.98. The number of benzene rings is 4. The van der Waals surface area contributed by atoms with E-state index in [2.05, 4.69) is 0 Å². The van der Waals surface area contributed by atoms with Gasteiger partial charge in [0.1, 0.15) is 0 Å². The maximum atomic E-state index is 14.0. The number of nitro benzene ring substituents is 1. The number of carbonyl (C=O) groups is 2. The second-order valence-corrected chi connectivity index (χ2v) is 11.8. The van der Waals surface area contributed by atoms with Crippen LogP contribution >= 0.6 is 0 Å². The third-order valence-electron chi connectivity index (χ3n) is 6.89. The lowest BCUT2D eigenvalue weighted by Crippen LogP contribution is -2.40. The van der Waals surface area contributed by atoms with Crippen molar-refractivity contribution in [2.75, 3.05) is 11.9 Å². The summed E-state index contributed by atoms with van der Waals surface area (Å²) >= 11 is 0. The van der Waals surface area contributed by atoms with E-state index in [-0.39, 0.29) is 27.4 Å². The van der Waals surface area contributed by atoms with E-state index < -0.39 is 51.0 Å². The van der Waals surface area contributed by atoms with Crippen LogP contribution < -0.4 is 4.90 Å². The van der Waals surface area contributed by atoms with E-state index >= 15 is 0 Å². The molecule has 2 amide bonds. The molecule has 0 aliphatic rings. The maximum absolute atomic E-state index is 14.0. The molecule has 4 rings (SSSR count). The molecule has 9 nitrogen and oxygen atoms in total. The van der Waals surface area contributed by atoms with Crippen molar-refractivity contribution in [3.63, 3.8) is 0 Å². The molecule has 0 aromatic heterocycles. The number of non-ortho nitro benzene ring substituents is 1. The molecule has 13 heteroatoms. The molecule has 1 atom stereocenters. The van der Waals surface area contributed by atoms with Crippen molar-refractivity contribution in [2.45, 2.75) is 30.5 Å². The van der Waals surface area contributed by atoms with Gasteiger partial charge in [-0.25, -0.2) is 12.7 Å². The highest BCUT2D eigenvalue weighted by Crippen LogP contribution is 2.37. The van der Waals surface area contributed by atoms with Gasteiger partial charge in [0.2, 0.25) is 5.91 Å². The number of nitrogens with zero attached hydrogens (tertiary/aromatic N) is 3. The van der Waals surface area contributed by atoms with E-state index in [0.717, 1.165) is 47.8 Å². The van der Waals surface area contributed by atoms with Crippen molar-refractivity contribution in [3.8, 4) is 0 Å². The Bertz CT molecular complexity index is 1780. The van der Waals surface area contributed by atoms with Crippen LogP contribution in [0.4, 0.5) is 24.5 Å². The maximum Gasteiger partial charge on any atom is 0.416 e. The molecule has 4 aromatic rings. The van der Waals surface area contributed by atoms with Crippen LogP contribution in [0.1, 0.15) is 39.5 Å². The second kappa shape index (κ2) is 12.7. The molecule has 0 spiro atoms. The van der Waals surface area contributed by atoms with E-state index in [0.29, 0.717) is 4.31 Å². The number of hydrogen-bond donors (Lipinski definition) is 0. The van der Waals surface area contributed by atoms with Crippen molar-refractivity contribution in [1.82, 2.24) is 4.31 Å². The first kappa shape index (κ1) is 31.9. The van der Waals surface area contributed by atoms with Gasteiger partial charge in [0, 0.05) is 30.4 Å². The quantitative estimate of drug-likeness (QED) is 0.154. The average Bonchev–Trinajstić information content (AvgIpc) is 3.00. The van der Waals surface area contributed by atoms with Gasteiger partial charge >= 0.3 is 6.18 Å². The van der Waals surface area contributed by atoms with Crippen molar-refractivity contribution in [1.29, 1.82) is 0 Å². The van der Waals surface area contributed by atoms with Crippen LogP contribution in [0.5, 0.6) is 0 Å². The first-order valence-electron chi connectivity index (χ1n) is 13.1. The molecule has 0 aliphatic carbocycles. The fraction of sp³-hybridized carbons (Fsp3) is 0.161. The summed E-state index contributed by atoms with van der Waals surface area (Å²) in [6.07, 6.45) is -5.47. The first-order chi connectivity index (χ1) is 20.7. The van der Waals surface area contributed by atoms with Crippen LogP contribution in [-0.2, 0) is 21.0 Å². The predicted octanol–water partition coefficient (Wildman–Crippen LogP) is 6.55. The second-order valence-electron chi connectivity index (χ2n) is 9.84. The number of amides is 2. The van der Waals surface area contributed by atoms with Crippen molar-refractivity contribution >= 4 is 33.2 Å². The van der Waals surface area contributed by atoms with Crippen LogP contribution in [0.2, 0.25) is 0 Å². The van der Waals surface area contributed by atoms with Crippen molar-refractivity contribution in [2.24, 2.45) is 0 Å². The molecule has 228 valence electrons. The van der Waals surface area contributed by atoms with Crippen LogP contribution in [-0.4, -0.2) is 36.5 Å². The summed E-state index contributed by atoms with van der Waals surface area (Å²) in [5.41, 5.74) is -0.593. The van der Waals surface area contributed by atoms with Gasteiger partial charge in [-0.1, -0.05) is 54.1 Å². The third-order valence-corrected chi connectivity index (χ3v) is 8.68. The van der Waals surface area contributed by atoms with Gasteiger partial charge in [-0.05, 0) is 55.0 Å². The summed E-state index contributed by atoms with van der Waals surface area (Å²) < 4.78 is 68.3. The number of anilines is 1. The zero-order valence-electron chi connectivity index (χ0n) is 23.4. The number of carbonyl (C=O) groups excluding carboxylic acids is 2. The highest BCUT2D eigenvalue weighted by molar-refractivity contribution is 7.89. The fourth-order valence-corrected chi connectivity index (χ4v) is 5.60. The molecule has 0 fully saturated rings. The summed E-state index contributed by atoms with van der Waals surface area (Å²) in [5.74, 6) is -1.77. The zero-order valence-corrected chi connectivity index (χ0v) is 24.2. The minimum absolute atomic E-state index is 0.0740. The molecule has 44 heavy (non-hydrogen) atoms. The molecule has 0 radical (unpaired) electrons. The predicted molar refractivity (Wildman–Crippen MR) is 156 cm³/mol. The Morgan fingerprint density at radius 1 is 0.886 bits per heavy atom. The average molecular weight is 626 g/mol. The molecule has 0 N–H and O–H groups in total. The van der Waals surface area contributed by atoms with Gasteiger partial charge in [0.05, 0.1) is 27.8 Å². The van der Waals surface area contributed by atoms with Crippen molar-refractivity contribution in [3.05, 3.63) is 135 Å². The Kier molecular flexibility index (Phi) is 9.19. The Balaban J connectivity index is 1.87. The minimum atomic E-state index is -4.77. The SMILES string of the molecule is Cc1ccc(S(=O)(=O)N(C)C(=O)C[C@H](c2ccc([N+](=O)[O-])cc2)N(C(=O)c2ccccc2)c2cccc(C(F)(F)F)c2)cc1. The molecule has 0 bridgehead atoms. The number of alkyl halides is 3. The van der Waals surface area contributed by atoms with Crippen LogP contribution in [0.25, 0.3) is 0 Å². The number of sulfonamides is 1. The third kappa shape index (κ3) is 6.94. The molecule has 0 heterocycles. The Hall–Kier alpha value is -5.04. The number of nitro groups is 1. The molecular formula is C31H26F3N3O6S. The van der Waals surface area contributed by atoms with E-state index in [1.165, 1.54) is 42.5 Å². The summed E-state index contributed by atoms with van der Waals surface area (Å²) in [7, 11) is -3.31. The van der Waals surface area contributed by atoms with Crippen LogP contribution in [0, 0.1) is 17.0 Å². The standard InChI is InChI=1S/C31H26F3N3O6S/c1-21-11-17-27(18-12-21)44(42,43)35(2)29(38)20-28(22-13-15-25(16-14-22)37(40)41)36(30(39)23-7-4-3-5-8-23)26-10-6-9-24(19-26)31(32,33)34/h3-19,28H,20H2,1-2H3/t28-/m1/s1. The number of hydrogen-bond acceptors (Lipinski definition) is 6. The van der Waals surface area contributed by atoms with E-state index in [1.807, 2.05) is 0 Å². The molecule has 0 saturated heterocycles. The van der Waals surface area contributed by atoms with E-state index in [4.69, 9.17) is 0 Å². The number of aryl methyl sites for hydroxylation is 1. The van der Waals surface area contributed by atoms with Gasteiger partial charge in [-0.15, -0.1) is 0 Å². The molecule has 0 unspecified atom stereocenters. The van der Waals surface area contributed by atoms with E-state index in [1.54, 1.807) is 37.3 Å². The lowest BCUT2D eigenvalue weighted by molar-refractivity contribution is -0.384. The summed E-state index contributed by atoms with van der Waals surface area (Å²) in [5, 5.41) is 11.3. The zero-order chi connectivity index (χ0) is 32.2. The molecular weight excluding hydrogens is 599 g/mol. The topological polar surface area (TPSA) is 118 Å². The fourth-order valence-electron chi connectivity index (χ4n) is 4.46. The Labute approximate surface area is 251 Å². The molecule has 4 aromatic carbocycles. The van der Waals surface area contributed by atoms with Gasteiger partial charge in [-0.2, -0.15) is 13.2 Å². The Morgan fingerprint density at radius 3 is 2.07 bits per heavy atom. The normalized spacial score (nSPS) is 12.3. The highest BCUT2D eigenvalue weighted by atomic mass is 32.2. The van der Waals surface area contributed by atoms with Gasteiger partial charge in [0.25, 0.3) is 21.6 Å². The van der Waals surface area contributed by atoms with Gasteiger partial charge in [0.15, 0.2) is 0 Å². The van der Waals surface area contributed by atoms with Gasteiger partial charge < -0.3 is 4.90 Å².